The number of aryl methyl sites for hydroxylation is 1. The zero-order valence-corrected chi connectivity index (χ0v) is 19.4. The molecule has 3 unspecified atom stereocenters. The molecule has 0 radical (unpaired) electrons. The van der Waals surface area contributed by atoms with Crippen molar-refractivity contribution in [2.45, 2.75) is 45.3 Å². The van der Waals surface area contributed by atoms with Gasteiger partial charge < -0.3 is 0 Å². The Labute approximate surface area is 194 Å². The van der Waals surface area contributed by atoms with Crippen molar-refractivity contribution >= 4 is 23.2 Å². The zero-order valence-electron chi connectivity index (χ0n) is 19.4. The molecular weight excluding hydrogens is 412 g/mol. The number of benzene rings is 3. The summed E-state index contributed by atoms with van der Waals surface area (Å²) < 4.78 is 0. The Hall–Kier alpha value is -3.44. The number of imide groups is 1. The zero-order chi connectivity index (χ0) is 23.3. The summed E-state index contributed by atoms with van der Waals surface area (Å²) in [6.07, 6.45) is -0.856. The highest BCUT2D eigenvalue weighted by Crippen LogP contribution is 2.47. The van der Waals surface area contributed by atoms with Crippen molar-refractivity contribution in [1.82, 2.24) is 0 Å². The molecular formula is C28H28N2O3. The number of amides is 2. The number of carbonyl (C=O) groups excluding carboxylic acids is 2. The van der Waals surface area contributed by atoms with E-state index in [0.717, 1.165) is 16.8 Å². The van der Waals surface area contributed by atoms with Crippen LogP contribution in [0.2, 0.25) is 0 Å². The van der Waals surface area contributed by atoms with Crippen LogP contribution in [-0.2, 0) is 19.8 Å². The molecule has 2 saturated heterocycles. The van der Waals surface area contributed by atoms with Gasteiger partial charge in [0, 0.05) is 0 Å². The van der Waals surface area contributed by atoms with Crippen molar-refractivity contribution in [1.29, 1.82) is 0 Å². The van der Waals surface area contributed by atoms with Gasteiger partial charge in [-0.25, -0.2) is 9.96 Å². The van der Waals surface area contributed by atoms with Crippen molar-refractivity contribution in [3.05, 3.63) is 95.6 Å². The average molecular weight is 441 g/mol. The number of hydrogen-bond acceptors (Lipinski definition) is 4. The first-order valence-electron chi connectivity index (χ1n) is 11.3. The molecule has 0 spiro atoms. The van der Waals surface area contributed by atoms with Crippen molar-refractivity contribution in [2.75, 3.05) is 9.96 Å². The molecule has 5 heteroatoms. The van der Waals surface area contributed by atoms with E-state index < -0.39 is 18.1 Å². The smallest absolute Gasteiger partial charge is 0.266 e. The molecule has 2 aliphatic heterocycles. The fourth-order valence-corrected chi connectivity index (χ4v) is 4.75. The number of fused-ring (bicyclic) bond motifs is 1. The van der Waals surface area contributed by atoms with Crippen LogP contribution < -0.4 is 9.96 Å². The predicted octanol–water partition coefficient (Wildman–Crippen LogP) is 5.34. The summed E-state index contributed by atoms with van der Waals surface area (Å²) in [5.74, 6) is -1.16. The van der Waals surface area contributed by atoms with E-state index in [9.17, 15) is 9.59 Å². The maximum absolute atomic E-state index is 13.7. The lowest BCUT2D eigenvalue weighted by atomic mass is 9.84. The fourth-order valence-electron chi connectivity index (χ4n) is 4.75. The van der Waals surface area contributed by atoms with Crippen molar-refractivity contribution in [3.63, 3.8) is 0 Å². The van der Waals surface area contributed by atoms with Crippen LogP contribution in [0.25, 0.3) is 0 Å². The molecule has 3 aromatic rings. The Bertz CT molecular complexity index is 1200. The van der Waals surface area contributed by atoms with Gasteiger partial charge in [-0.3, -0.25) is 14.4 Å². The highest BCUT2D eigenvalue weighted by Gasteiger charge is 2.60. The summed E-state index contributed by atoms with van der Waals surface area (Å²) in [5, 5.41) is 1.74. The first-order valence-corrected chi connectivity index (χ1v) is 11.3. The topological polar surface area (TPSA) is 49.9 Å². The molecule has 0 aliphatic carbocycles. The van der Waals surface area contributed by atoms with Gasteiger partial charge in [0.1, 0.15) is 5.92 Å². The molecule has 0 bridgehead atoms. The summed E-state index contributed by atoms with van der Waals surface area (Å²) in [5.41, 5.74) is 4.59. The van der Waals surface area contributed by atoms with Crippen LogP contribution >= 0.6 is 0 Å². The molecule has 5 rings (SSSR count). The van der Waals surface area contributed by atoms with Gasteiger partial charge in [-0.1, -0.05) is 75.4 Å². The van der Waals surface area contributed by atoms with Gasteiger partial charge in [-0.15, -0.1) is 0 Å². The summed E-state index contributed by atoms with van der Waals surface area (Å²) in [4.78, 5) is 34.6. The Morgan fingerprint density at radius 1 is 0.788 bits per heavy atom. The lowest BCUT2D eigenvalue weighted by Crippen LogP contribution is -2.37. The molecule has 33 heavy (non-hydrogen) atoms. The molecule has 0 N–H and O–H groups in total. The minimum Gasteiger partial charge on any atom is -0.273 e. The van der Waals surface area contributed by atoms with Crippen LogP contribution in [-0.4, -0.2) is 17.9 Å². The van der Waals surface area contributed by atoms with Gasteiger partial charge in [0.05, 0.1) is 17.4 Å². The summed E-state index contributed by atoms with van der Waals surface area (Å²) in [6.45, 7) is 8.46. The number of rotatable bonds is 3. The van der Waals surface area contributed by atoms with E-state index >= 15 is 0 Å². The second-order valence-electron chi connectivity index (χ2n) is 9.88. The number of hydroxylamine groups is 1. The first kappa shape index (κ1) is 21.4. The normalized spacial score (nSPS) is 22.7. The van der Waals surface area contributed by atoms with Crippen LogP contribution in [0, 0.1) is 12.8 Å². The standard InChI is InChI=1S/C28H28N2O3/c1-18-9-8-12-22(17-18)29-26(31)23-24(19-13-15-20(16-14-19)28(2,3)4)30(33-25(23)27(29)32)21-10-6-5-7-11-21/h5-17,23-25H,1-4H3. The largest absolute Gasteiger partial charge is 0.273 e. The van der Waals surface area contributed by atoms with E-state index in [4.69, 9.17) is 4.84 Å². The molecule has 168 valence electrons. The quantitative estimate of drug-likeness (QED) is 0.516. The van der Waals surface area contributed by atoms with Gasteiger partial charge >= 0.3 is 0 Å². The van der Waals surface area contributed by atoms with Crippen LogP contribution in [0.1, 0.15) is 43.5 Å². The minimum absolute atomic E-state index is 0.0213. The molecule has 3 atom stereocenters. The third-order valence-electron chi connectivity index (χ3n) is 6.50. The molecule has 5 nitrogen and oxygen atoms in total. The molecule has 2 fully saturated rings. The van der Waals surface area contributed by atoms with E-state index in [1.807, 2.05) is 55.5 Å². The van der Waals surface area contributed by atoms with Gasteiger partial charge in [0.15, 0.2) is 6.10 Å². The molecule has 2 amide bonds. The van der Waals surface area contributed by atoms with Gasteiger partial charge in [-0.2, -0.15) is 0 Å². The Morgan fingerprint density at radius 2 is 1.45 bits per heavy atom. The highest BCUT2D eigenvalue weighted by molar-refractivity contribution is 6.23. The van der Waals surface area contributed by atoms with Crippen molar-refractivity contribution in [2.24, 2.45) is 5.92 Å². The van der Waals surface area contributed by atoms with Crippen LogP contribution in [0.15, 0.2) is 78.9 Å². The number of para-hydroxylation sites is 1. The molecule has 3 aromatic carbocycles. The van der Waals surface area contributed by atoms with Crippen LogP contribution in [0.5, 0.6) is 0 Å². The van der Waals surface area contributed by atoms with Crippen LogP contribution in [0.4, 0.5) is 11.4 Å². The van der Waals surface area contributed by atoms with E-state index in [-0.39, 0.29) is 17.2 Å². The third-order valence-corrected chi connectivity index (χ3v) is 6.50. The average Bonchev–Trinajstić information content (AvgIpc) is 3.30. The molecule has 0 saturated carbocycles. The van der Waals surface area contributed by atoms with E-state index in [0.29, 0.717) is 5.69 Å². The highest BCUT2D eigenvalue weighted by atomic mass is 16.7. The second kappa shape index (κ2) is 7.85. The minimum atomic E-state index is -0.856. The first-order chi connectivity index (χ1) is 15.8. The van der Waals surface area contributed by atoms with E-state index in [1.54, 1.807) is 11.1 Å². The van der Waals surface area contributed by atoms with E-state index in [1.165, 1.54) is 10.5 Å². The Kier molecular flexibility index (Phi) is 5.09. The molecule has 0 aromatic heterocycles. The van der Waals surface area contributed by atoms with E-state index in [2.05, 4.69) is 45.0 Å². The molecule has 2 heterocycles. The Balaban J connectivity index is 1.57. The SMILES string of the molecule is Cc1cccc(N2C(=O)C3ON(c4ccccc4)C(c4ccc(C(C)(C)C)cc4)C3C2=O)c1. The number of nitrogens with zero attached hydrogens (tertiary/aromatic N) is 2. The fraction of sp³-hybridized carbons (Fsp3) is 0.286. The number of anilines is 2. The van der Waals surface area contributed by atoms with Crippen molar-refractivity contribution < 1.29 is 14.4 Å². The monoisotopic (exact) mass is 440 g/mol. The predicted molar refractivity (Wildman–Crippen MR) is 129 cm³/mol. The van der Waals surface area contributed by atoms with Gasteiger partial charge in [0.25, 0.3) is 5.91 Å². The third kappa shape index (κ3) is 3.62. The van der Waals surface area contributed by atoms with Gasteiger partial charge in [-0.05, 0) is 53.3 Å². The summed E-state index contributed by atoms with van der Waals surface area (Å²) in [7, 11) is 0. The second-order valence-corrected chi connectivity index (χ2v) is 9.88. The van der Waals surface area contributed by atoms with Crippen LogP contribution in [0.3, 0.4) is 0 Å². The number of hydrogen-bond donors (Lipinski definition) is 0. The lowest BCUT2D eigenvalue weighted by Gasteiger charge is -2.29. The van der Waals surface area contributed by atoms with Gasteiger partial charge in [0.2, 0.25) is 5.91 Å². The number of carbonyl (C=O) groups is 2. The Morgan fingerprint density at radius 3 is 2.09 bits per heavy atom. The van der Waals surface area contributed by atoms with Crippen molar-refractivity contribution in [3.8, 4) is 0 Å². The molecule has 2 aliphatic rings. The lowest BCUT2D eigenvalue weighted by molar-refractivity contribution is -0.126. The summed E-state index contributed by atoms with van der Waals surface area (Å²) in [6, 6.07) is 25.0. The summed E-state index contributed by atoms with van der Waals surface area (Å²) >= 11 is 0. The maximum Gasteiger partial charge on any atom is 0.266 e. The maximum atomic E-state index is 13.7.